The minimum atomic E-state index is 0.354. The second-order valence-corrected chi connectivity index (χ2v) is 6.36. The lowest BCUT2D eigenvalue weighted by molar-refractivity contribution is 0.162. The first kappa shape index (κ1) is 15.9. The van der Waals surface area contributed by atoms with Gasteiger partial charge in [0.1, 0.15) is 0 Å². The Bertz CT molecular complexity index is 176. The van der Waals surface area contributed by atoms with Crippen molar-refractivity contribution in [1.29, 1.82) is 0 Å². The maximum Gasteiger partial charge on any atom is 0.00614 e. The molecule has 16 heavy (non-hydrogen) atoms. The summed E-state index contributed by atoms with van der Waals surface area (Å²) in [4.78, 5) is 2.47. The summed E-state index contributed by atoms with van der Waals surface area (Å²) in [5.41, 5.74) is 0.354. The molecule has 0 aliphatic carbocycles. The van der Waals surface area contributed by atoms with Crippen LogP contribution in [-0.4, -0.2) is 37.6 Å². The van der Waals surface area contributed by atoms with Gasteiger partial charge in [-0.1, -0.05) is 34.6 Å². The topological polar surface area (TPSA) is 15.3 Å². The molecule has 0 rings (SSSR count). The summed E-state index contributed by atoms with van der Waals surface area (Å²) < 4.78 is 0. The Morgan fingerprint density at radius 3 is 2.19 bits per heavy atom. The molecule has 0 bridgehead atoms. The van der Waals surface area contributed by atoms with Gasteiger partial charge in [-0.15, -0.1) is 0 Å². The average Bonchev–Trinajstić information content (AvgIpc) is 2.14. The first-order chi connectivity index (χ1) is 7.28. The van der Waals surface area contributed by atoms with Crippen LogP contribution in [0.4, 0.5) is 0 Å². The molecule has 1 atom stereocenters. The molecule has 1 unspecified atom stereocenters. The van der Waals surface area contributed by atoms with E-state index in [1.807, 2.05) is 0 Å². The Labute approximate surface area is 103 Å². The van der Waals surface area contributed by atoms with Crippen LogP contribution < -0.4 is 5.32 Å². The summed E-state index contributed by atoms with van der Waals surface area (Å²) in [7, 11) is 2.23. The Morgan fingerprint density at radius 2 is 1.75 bits per heavy atom. The minimum Gasteiger partial charge on any atom is -0.316 e. The van der Waals surface area contributed by atoms with Crippen LogP contribution in [0.25, 0.3) is 0 Å². The highest BCUT2D eigenvalue weighted by Crippen LogP contribution is 2.17. The van der Waals surface area contributed by atoms with Crippen molar-refractivity contribution < 1.29 is 0 Å². The van der Waals surface area contributed by atoms with Gasteiger partial charge in [0.05, 0.1) is 0 Å². The predicted molar refractivity (Wildman–Crippen MR) is 73.9 cm³/mol. The summed E-state index contributed by atoms with van der Waals surface area (Å²) in [5, 5.41) is 3.56. The van der Waals surface area contributed by atoms with Crippen LogP contribution in [0.15, 0.2) is 0 Å². The molecule has 0 spiro atoms. The molecule has 0 saturated carbocycles. The molecule has 98 valence electrons. The van der Waals surface area contributed by atoms with Gasteiger partial charge < -0.3 is 10.2 Å². The molecule has 0 aromatic heterocycles. The lowest BCUT2D eigenvalue weighted by Crippen LogP contribution is -2.42. The second kappa shape index (κ2) is 7.29. The van der Waals surface area contributed by atoms with Gasteiger partial charge in [0.15, 0.2) is 0 Å². The van der Waals surface area contributed by atoms with Gasteiger partial charge in [0, 0.05) is 19.1 Å². The monoisotopic (exact) mass is 228 g/mol. The van der Waals surface area contributed by atoms with Gasteiger partial charge >= 0.3 is 0 Å². The van der Waals surface area contributed by atoms with Gasteiger partial charge in [0.2, 0.25) is 0 Å². The lowest BCUT2D eigenvalue weighted by Gasteiger charge is -2.34. The van der Waals surface area contributed by atoms with E-state index < -0.39 is 0 Å². The van der Waals surface area contributed by atoms with Crippen molar-refractivity contribution in [2.75, 3.05) is 26.7 Å². The van der Waals surface area contributed by atoms with Crippen LogP contribution in [0.3, 0.4) is 0 Å². The van der Waals surface area contributed by atoms with Gasteiger partial charge in [-0.05, 0) is 38.3 Å². The zero-order valence-corrected chi connectivity index (χ0v) is 12.4. The van der Waals surface area contributed by atoms with Crippen molar-refractivity contribution in [3.63, 3.8) is 0 Å². The van der Waals surface area contributed by atoms with E-state index in [1.54, 1.807) is 0 Å². The fourth-order valence-corrected chi connectivity index (χ4v) is 1.90. The number of hydrogen-bond donors (Lipinski definition) is 1. The van der Waals surface area contributed by atoms with E-state index in [-0.39, 0.29) is 0 Å². The van der Waals surface area contributed by atoms with Crippen molar-refractivity contribution in [3.8, 4) is 0 Å². The molecule has 0 aromatic carbocycles. The standard InChI is InChI=1S/C14H32N2/c1-8-13(4)16(7)11-14(5,6)10-15-9-12(2)3/h12-13,15H,8-11H2,1-7H3. The Hall–Kier alpha value is -0.0800. The predicted octanol–water partition coefficient (Wildman–Crippen LogP) is 2.99. The summed E-state index contributed by atoms with van der Waals surface area (Å²) in [5.74, 6) is 0.739. The van der Waals surface area contributed by atoms with Crippen molar-refractivity contribution in [1.82, 2.24) is 10.2 Å². The molecule has 0 heterocycles. The van der Waals surface area contributed by atoms with Gasteiger partial charge in [-0.25, -0.2) is 0 Å². The van der Waals surface area contributed by atoms with E-state index >= 15 is 0 Å². The van der Waals surface area contributed by atoms with Crippen LogP contribution >= 0.6 is 0 Å². The lowest BCUT2D eigenvalue weighted by atomic mass is 9.92. The van der Waals surface area contributed by atoms with E-state index in [0.717, 1.165) is 25.6 Å². The second-order valence-electron chi connectivity index (χ2n) is 6.36. The third kappa shape index (κ3) is 7.24. The van der Waals surface area contributed by atoms with Crippen molar-refractivity contribution in [2.24, 2.45) is 11.3 Å². The molecule has 0 aromatic rings. The Balaban J connectivity index is 3.93. The van der Waals surface area contributed by atoms with Crippen molar-refractivity contribution in [3.05, 3.63) is 0 Å². The average molecular weight is 228 g/mol. The first-order valence-electron chi connectivity index (χ1n) is 6.69. The molecule has 0 aliphatic heterocycles. The van der Waals surface area contributed by atoms with Crippen LogP contribution in [0.1, 0.15) is 48.0 Å². The molecular weight excluding hydrogens is 196 g/mol. The van der Waals surface area contributed by atoms with E-state index in [2.05, 4.69) is 58.8 Å². The smallest absolute Gasteiger partial charge is 0.00614 e. The zero-order chi connectivity index (χ0) is 12.8. The van der Waals surface area contributed by atoms with Crippen LogP contribution in [-0.2, 0) is 0 Å². The minimum absolute atomic E-state index is 0.354. The molecule has 0 fully saturated rings. The summed E-state index contributed by atoms with van der Waals surface area (Å²) in [6.45, 7) is 17.1. The normalized spacial score (nSPS) is 14.8. The third-order valence-corrected chi connectivity index (χ3v) is 3.18. The highest BCUT2D eigenvalue weighted by atomic mass is 15.1. The molecule has 0 aliphatic rings. The van der Waals surface area contributed by atoms with E-state index in [9.17, 15) is 0 Å². The van der Waals surface area contributed by atoms with Crippen molar-refractivity contribution in [2.45, 2.75) is 54.0 Å². The fraction of sp³-hybridized carbons (Fsp3) is 1.00. The van der Waals surface area contributed by atoms with Crippen molar-refractivity contribution >= 4 is 0 Å². The SMILES string of the molecule is CCC(C)N(C)CC(C)(C)CNCC(C)C. The van der Waals surface area contributed by atoms with Gasteiger partial charge in [-0.2, -0.15) is 0 Å². The number of rotatable bonds is 8. The molecule has 1 N–H and O–H groups in total. The number of hydrogen-bond acceptors (Lipinski definition) is 2. The molecule has 2 heteroatoms. The molecule has 2 nitrogen and oxygen atoms in total. The highest BCUT2D eigenvalue weighted by Gasteiger charge is 2.21. The quantitative estimate of drug-likeness (QED) is 0.687. The maximum atomic E-state index is 3.56. The zero-order valence-electron chi connectivity index (χ0n) is 12.4. The summed E-state index contributed by atoms with van der Waals surface area (Å²) >= 11 is 0. The molecule has 0 saturated heterocycles. The third-order valence-electron chi connectivity index (χ3n) is 3.18. The van der Waals surface area contributed by atoms with Crippen LogP contribution in [0.5, 0.6) is 0 Å². The molecule has 0 radical (unpaired) electrons. The van der Waals surface area contributed by atoms with Crippen LogP contribution in [0, 0.1) is 11.3 Å². The van der Waals surface area contributed by atoms with Crippen LogP contribution in [0.2, 0.25) is 0 Å². The molecule has 0 amide bonds. The summed E-state index contributed by atoms with van der Waals surface area (Å²) in [6.07, 6.45) is 1.23. The van der Waals surface area contributed by atoms with E-state index in [4.69, 9.17) is 0 Å². The largest absolute Gasteiger partial charge is 0.316 e. The number of nitrogens with one attached hydrogen (secondary N) is 1. The Morgan fingerprint density at radius 1 is 1.19 bits per heavy atom. The number of nitrogens with zero attached hydrogens (tertiary/aromatic N) is 1. The maximum absolute atomic E-state index is 3.56. The van der Waals surface area contributed by atoms with Gasteiger partial charge in [0.25, 0.3) is 0 Å². The summed E-state index contributed by atoms with van der Waals surface area (Å²) in [6, 6.07) is 0.685. The fourth-order valence-electron chi connectivity index (χ4n) is 1.90. The van der Waals surface area contributed by atoms with Gasteiger partial charge in [-0.3, -0.25) is 0 Å². The Kier molecular flexibility index (Phi) is 7.25. The van der Waals surface area contributed by atoms with E-state index in [1.165, 1.54) is 6.42 Å². The van der Waals surface area contributed by atoms with E-state index in [0.29, 0.717) is 11.5 Å². The highest BCUT2D eigenvalue weighted by molar-refractivity contribution is 4.77. The first-order valence-corrected chi connectivity index (χ1v) is 6.69. The molecular formula is C14H32N2.